The van der Waals surface area contributed by atoms with Gasteiger partial charge in [-0.25, -0.2) is 0 Å². The number of carbonyl (C=O) groups excluding carboxylic acids is 1. The van der Waals surface area contributed by atoms with Crippen molar-refractivity contribution in [2.45, 2.75) is 20.5 Å². The second-order valence-corrected chi connectivity index (χ2v) is 9.23. The molecule has 0 aliphatic heterocycles. The van der Waals surface area contributed by atoms with E-state index in [9.17, 15) is 20.2 Å². The summed E-state index contributed by atoms with van der Waals surface area (Å²) in [5.41, 5.74) is 2.69. The van der Waals surface area contributed by atoms with Crippen LogP contribution in [0.25, 0.3) is 6.08 Å². The summed E-state index contributed by atoms with van der Waals surface area (Å²) in [6, 6.07) is 17.1. The van der Waals surface area contributed by atoms with E-state index in [1.165, 1.54) is 24.3 Å². The minimum Gasteiger partial charge on any atom is -0.490 e. The van der Waals surface area contributed by atoms with E-state index in [0.29, 0.717) is 44.9 Å². The number of ether oxygens (including phenoxy) is 2. The molecule has 0 radical (unpaired) electrons. The van der Waals surface area contributed by atoms with Gasteiger partial charge in [-0.3, -0.25) is 14.9 Å². The van der Waals surface area contributed by atoms with Crippen molar-refractivity contribution in [2.75, 3.05) is 11.9 Å². The summed E-state index contributed by atoms with van der Waals surface area (Å²) in [5.74, 6) is 0.304. The van der Waals surface area contributed by atoms with Gasteiger partial charge in [0.25, 0.3) is 11.6 Å². The second-order valence-electron chi connectivity index (χ2n) is 7.52. The molecule has 184 valence electrons. The fourth-order valence-electron chi connectivity index (χ4n) is 3.22. The molecule has 1 N–H and O–H groups in total. The highest BCUT2D eigenvalue weighted by molar-refractivity contribution is 9.11. The summed E-state index contributed by atoms with van der Waals surface area (Å²) < 4.78 is 12.7. The standard InChI is InChI=1S/C26H21Br2N3O5/c1-3-35-24-12-17(11-22(28)25(24)36-15-18-7-5-4-6-16(18)2)10-19(14-29)26(32)30-23-9-8-20(31(33)34)13-21(23)27/h4-13H,3,15H2,1-2H3,(H,30,32). The first-order valence-electron chi connectivity index (χ1n) is 10.7. The number of nitro benzene ring substituents is 1. The number of rotatable bonds is 9. The smallest absolute Gasteiger partial charge is 0.270 e. The van der Waals surface area contributed by atoms with E-state index in [4.69, 9.17) is 9.47 Å². The van der Waals surface area contributed by atoms with Gasteiger partial charge in [0.1, 0.15) is 18.2 Å². The van der Waals surface area contributed by atoms with Crippen LogP contribution < -0.4 is 14.8 Å². The van der Waals surface area contributed by atoms with Gasteiger partial charge in [0.15, 0.2) is 11.5 Å². The number of aryl methyl sites for hydroxylation is 1. The van der Waals surface area contributed by atoms with Gasteiger partial charge in [-0.05, 0) is 86.7 Å². The maximum absolute atomic E-state index is 12.7. The number of nitro groups is 1. The predicted octanol–water partition coefficient (Wildman–Crippen LogP) is 6.95. The van der Waals surface area contributed by atoms with Gasteiger partial charge >= 0.3 is 0 Å². The van der Waals surface area contributed by atoms with E-state index in [2.05, 4.69) is 37.2 Å². The zero-order valence-corrected chi connectivity index (χ0v) is 22.6. The second kappa shape index (κ2) is 12.3. The fourth-order valence-corrected chi connectivity index (χ4v) is 4.26. The summed E-state index contributed by atoms with van der Waals surface area (Å²) in [7, 11) is 0. The first kappa shape index (κ1) is 26.9. The number of non-ortho nitro benzene ring substituents is 1. The van der Waals surface area contributed by atoms with Crippen LogP contribution >= 0.6 is 31.9 Å². The number of hydrogen-bond acceptors (Lipinski definition) is 6. The van der Waals surface area contributed by atoms with Crippen molar-refractivity contribution in [1.82, 2.24) is 0 Å². The number of carbonyl (C=O) groups is 1. The third kappa shape index (κ3) is 6.71. The lowest BCUT2D eigenvalue weighted by Gasteiger charge is -2.15. The van der Waals surface area contributed by atoms with Gasteiger partial charge < -0.3 is 14.8 Å². The van der Waals surface area contributed by atoms with Crippen molar-refractivity contribution in [1.29, 1.82) is 5.26 Å². The van der Waals surface area contributed by atoms with Crippen LogP contribution in [0.15, 0.2) is 69.1 Å². The Kier molecular flexibility index (Phi) is 9.22. The predicted molar refractivity (Wildman–Crippen MR) is 144 cm³/mol. The molecule has 10 heteroatoms. The molecular weight excluding hydrogens is 594 g/mol. The number of amides is 1. The van der Waals surface area contributed by atoms with Crippen LogP contribution in [-0.4, -0.2) is 17.4 Å². The van der Waals surface area contributed by atoms with Crippen LogP contribution in [0.4, 0.5) is 11.4 Å². The normalized spacial score (nSPS) is 10.9. The molecule has 3 aromatic rings. The number of hydrogen-bond donors (Lipinski definition) is 1. The average Bonchev–Trinajstić information content (AvgIpc) is 2.84. The molecule has 0 unspecified atom stereocenters. The molecule has 0 atom stereocenters. The fraction of sp³-hybridized carbons (Fsp3) is 0.154. The lowest BCUT2D eigenvalue weighted by Crippen LogP contribution is -2.14. The highest BCUT2D eigenvalue weighted by Crippen LogP contribution is 2.38. The van der Waals surface area contributed by atoms with Gasteiger partial charge in [0.05, 0.1) is 21.7 Å². The van der Waals surface area contributed by atoms with Crippen LogP contribution in [0.5, 0.6) is 11.5 Å². The monoisotopic (exact) mass is 613 g/mol. The molecule has 0 heterocycles. The lowest BCUT2D eigenvalue weighted by molar-refractivity contribution is -0.384. The number of benzene rings is 3. The molecule has 0 bridgehead atoms. The van der Waals surface area contributed by atoms with Crippen LogP contribution in [0.1, 0.15) is 23.6 Å². The van der Waals surface area contributed by atoms with E-state index in [-0.39, 0.29) is 11.3 Å². The highest BCUT2D eigenvalue weighted by atomic mass is 79.9. The van der Waals surface area contributed by atoms with Gasteiger partial charge in [-0.15, -0.1) is 0 Å². The molecule has 0 saturated heterocycles. The molecule has 0 saturated carbocycles. The van der Waals surface area contributed by atoms with Crippen molar-refractivity contribution in [3.63, 3.8) is 0 Å². The molecule has 0 aliphatic carbocycles. The first-order chi connectivity index (χ1) is 17.2. The Morgan fingerprint density at radius 2 is 1.89 bits per heavy atom. The molecule has 1 amide bonds. The summed E-state index contributed by atoms with van der Waals surface area (Å²) in [6.45, 7) is 4.59. The Bertz CT molecular complexity index is 1380. The summed E-state index contributed by atoms with van der Waals surface area (Å²) in [6.07, 6.45) is 1.42. The van der Waals surface area contributed by atoms with Crippen molar-refractivity contribution < 1.29 is 19.2 Å². The van der Waals surface area contributed by atoms with E-state index in [1.807, 2.05) is 44.2 Å². The molecule has 8 nitrogen and oxygen atoms in total. The van der Waals surface area contributed by atoms with Gasteiger partial charge in [-0.2, -0.15) is 5.26 Å². The number of nitrogens with zero attached hydrogens (tertiary/aromatic N) is 2. The van der Waals surface area contributed by atoms with E-state index in [0.717, 1.165) is 11.1 Å². The number of nitriles is 1. The topological polar surface area (TPSA) is 114 Å². The van der Waals surface area contributed by atoms with Crippen molar-refractivity contribution in [2.24, 2.45) is 0 Å². The molecule has 3 aromatic carbocycles. The molecule has 0 aromatic heterocycles. The van der Waals surface area contributed by atoms with E-state index >= 15 is 0 Å². The van der Waals surface area contributed by atoms with Crippen LogP contribution in [0.3, 0.4) is 0 Å². The van der Waals surface area contributed by atoms with Crippen molar-refractivity contribution in [3.05, 3.63) is 95.9 Å². The largest absolute Gasteiger partial charge is 0.490 e. The minimum atomic E-state index is -0.666. The van der Waals surface area contributed by atoms with Crippen molar-refractivity contribution in [3.8, 4) is 17.6 Å². The van der Waals surface area contributed by atoms with Gasteiger partial charge in [-0.1, -0.05) is 24.3 Å². The Hall–Kier alpha value is -3.68. The Balaban J connectivity index is 1.86. The van der Waals surface area contributed by atoms with Crippen LogP contribution in [-0.2, 0) is 11.4 Å². The van der Waals surface area contributed by atoms with Gasteiger partial charge in [0.2, 0.25) is 0 Å². The van der Waals surface area contributed by atoms with Crippen molar-refractivity contribution >= 4 is 55.2 Å². The number of nitrogens with one attached hydrogen (secondary N) is 1. The van der Waals surface area contributed by atoms with Crippen LogP contribution in [0, 0.1) is 28.4 Å². The Morgan fingerprint density at radius 1 is 1.14 bits per heavy atom. The Morgan fingerprint density at radius 3 is 2.53 bits per heavy atom. The molecule has 3 rings (SSSR count). The molecule has 0 spiro atoms. The zero-order chi connectivity index (χ0) is 26.2. The van der Waals surface area contributed by atoms with E-state index < -0.39 is 10.8 Å². The summed E-state index contributed by atoms with van der Waals surface area (Å²) in [5, 5.41) is 23.1. The quantitative estimate of drug-likeness (QED) is 0.121. The van der Waals surface area contributed by atoms with Crippen LogP contribution in [0.2, 0.25) is 0 Å². The average molecular weight is 615 g/mol. The number of halogens is 2. The Labute approximate surface area is 224 Å². The minimum absolute atomic E-state index is 0.131. The highest BCUT2D eigenvalue weighted by Gasteiger charge is 2.17. The number of anilines is 1. The SMILES string of the molecule is CCOc1cc(C=C(C#N)C(=O)Nc2ccc([N+](=O)[O-])cc2Br)cc(Br)c1OCc1ccccc1C. The summed E-state index contributed by atoms with van der Waals surface area (Å²) >= 11 is 6.72. The maximum atomic E-state index is 12.7. The van der Waals surface area contributed by atoms with E-state index in [1.54, 1.807) is 12.1 Å². The maximum Gasteiger partial charge on any atom is 0.270 e. The summed E-state index contributed by atoms with van der Waals surface area (Å²) in [4.78, 5) is 23.1. The molecular formula is C26H21Br2N3O5. The third-order valence-electron chi connectivity index (χ3n) is 5.05. The lowest BCUT2D eigenvalue weighted by atomic mass is 10.1. The zero-order valence-electron chi connectivity index (χ0n) is 19.4. The molecule has 0 fully saturated rings. The molecule has 0 aliphatic rings. The third-order valence-corrected chi connectivity index (χ3v) is 6.30. The first-order valence-corrected chi connectivity index (χ1v) is 12.3. The molecule has 36 heavy (non-hydrogen) atoms. The van der Waals surface area contributed by atoms with Gasteiger partial charge in [0, 0.05) is 16.6 Å².